The molecular weight excluding hydrogens is 410 g/mol. The lowest BCUT2D eigenvalue weighted by molar-refractivity contribution is -0.116. The molecule has 0 bridgehead atoms. The first-order valence-corrected chi connectivity index (χ1v) is 10.7. The van der Waals surface area contributed by atoms with E-state index in [1.807, 2.05) is 49.6 Å². The van der Waals surface area contributed by atoms with Crippen molar-refractivity contribution in [2.75, 3.05) is 18.4 Å². The number of H-pyrrole nitrogens is 1. The zero-order chi connectivity index (χ0) is 22.4. The zero-order valence-corrected chi connectivity index (χ0v) is 18.8. The van der Waals surface area contributed by atoms with Gasteiger partial charge in [0.2, 0.25) is 5.91 Å². The first-order chi connectivity index (χ1) is 14.9. The van der Waals surface area contributed by atoms with Gasteiger partial charge in [-0.3, -0.25) is 19.3 Å². The molecule has 7 nitrogen and oxygen atoms in total. The van der Waals surface area contributed by atoms with Crippen molar-refractivity contribution in [1.82, 2.24) is 19.7 Å². The normalized spacial score (nSPS) is 10.7. The summed E-state index contributed by atoms with van der Waals surface area (Å²) in [6.45, 7) is 7.57. The largest absolute Gasteiger partial charge is 0.339 e. The summed E-state index contributed by atoms with van der Waals surface area (Å²) in [5.41, 5.74) is 3.21. The third kappa shape index (κ3) is 5.46. The van der Waals surface area contributed by atoms with Crippen molar-refractivity contribution in [2.24, 2.45) is 0 Å². The number of aromatic amines is 1. The Labute approximate surface area is 187 Å². The summed E-state index contributed by atoms with van der Waals surface area (Å²) >= 11 is 5.35. The maximum Gasteiger partial charge on any atom is 0.253 e. The van der Waals surface area contributed by atoms with Crippen molar-refractivity contribution in [1.29, 1.82) is 0 Å². The third-order valence-electron chi connectivity index (χ3n) is 5.04. The number of carbonyl (C=O) groups is 2. The van der Waals surface area contributed by atoms with Crippen molar-refractivity contribution in [3.05, 3.63) is 64.4 Å². The van der Waals surface area contributed by atoms with Crippen LogP contribution in [0.5, 0.6) is 0 Å². The van der Waals surface area contributed by atoms with Gasteiger partial charge in [-0.25, -0.2) is 0 Å². The number of anilines is 1. The summed E-state index contributed by atoms with van der Waals surface area (Å²) in [6, 6.07) is 15.0. The van der Waals surface area contributed by atoms with E-state index in [1.54, 1.807) is 29.2 Å². The zero-order valence-electron chi connectivity index (χ0n) is 18.0. The summed E-state index contributed by atoms with van der Waals surface area (Å²) in [7, 11) is 0. The summed E-state index contributed by atoms with van der Waals surface area (Å²) in [5, 5.41) is 10.0. The Kier molecular flexibility index (Phi) is 7.36. The highest BCUT2D eigenvalue weighted by molar-refractivity contribution is 7.71. The van der Waals surface area contributed by atoms with E-state index in [1.165, 1.54) is 0 Å². The highest BCUT2D eigenvalue weighted by atomic mass is 32.1. The van der Waals surface area contributed by atoms with Crippen LogP contribution in [0.25, 0.3) is 11.4 Å². The molecule has 0 unspecified atom stereocenters. The Balaban J connectivity index is 1.68. The van der Waals surface area contributed by atoms with Crippen molar-refractivity contribution >= 4 is 29.7 Å². The minimum absolute atomic E-state index is 0.0476. The molecule has 31 heavy (non-hydrogen) atoms. The van der Waals surface area contributed by atoms with Crippen LogP contribution in [0.4, 0.5) is 5.69 Å². The molecule has 2 amide bonds. The number of amides is 2. The summed E-state index contributed by atoms with van der Waals surface area (Å²) in [6.07, 6.45) is 0.223. The maximum absolute atomic E-state index is 12.6. The van der Waals surface area contributed by atoms with Gasteiger partial charge in [-0.1, -0.05) is 29.8 Å². The molecule has 1 heterocycles. The number of hydrogen-bond donors (Lipinski definition) is 2. The lowest BCUT2D eigenvalue weighted by Gasteiger charge is -2.19. The fourth-order valence-electron chi connectivity index (χ4n) is 3.39. The first kappa shape index (κ1) is 22.4. The van der Waals surface area contributed by atoms with Crippen molar-refractivity contribution in [3.63, 3.8) is 0 Å². The van der Waals surface area contributed by atoms with E-state index in [0.29, 0.717) is 41.5 Å². The van der Waals surface area contributed by atoms with Gasteiger partial charge in [-0.05, 0) is 57.3 Å². The van der Waals surface area contributed by atoms with Crippen LogP contribution in [-0.4, -0.2) is 44.6 Å². The number of aryl methyl sites for hydroxylation is 1. The van der Waals surface area contributed by atoms with Crippen LogP contribution in [0, 0.1) is 11.7 Å². The SMILES string of the molecule is CCN(CC)C(=O)c1cccc(NC(=O)CCn2c(-c3cccc(C)c3)n[nH]c2=S)c1. The van der Waals surface area contributed by atoms with Crippen molar-refractivity contribution < 1.29 is 9.59 Å². The molecule has 0 aliphatic carbocycles. The quantitative estimate of drug-likeness (QED) is 0.511. The molecule has 0 saturated heterocycles. The van der Waals surface area contributed by atoms with Crippen LogP contribution in [0.3, 0.4) is 0 Å². The lowest BCUT2D eigenvalue weighted by atomic mass is 10.1. The summed E-state index contributed by atoms with van der Waals surface area (Å²) in [5.74, 6) is 0.493. The van der Waals surface area contributed by atoms with Gasteiger partial charge in [-0.15, -0.1) is 0 Å². The van der Waals surface area contributed by atoms with Crippen molar-refractivity contribution in [2.45, 2.75) is 33.7 Å². The summed E-state index contributed by atoms with van der Waals surface area (Å²) < 4.78 is 2.29. The van der Waals surface area contributed by atoms with Gasteiger partial charge in [0.1, 0.15) is 0 Å². The van der Waals surface area contributed by atoms with E-state index < -0.39 is 0 Å². The van der Waals surface area contributed by atoms with Crippen molar-refractivity contribution in [3.8, 4) is 11.4 Å². The van der Waals surface area contributed by atoms with Crippen LogP contribution in [0.15, 0.2) is 48.5 Å². The number of nitrogens with zero attached hydrogens (tertiary/aromatic N) is 3. The molecule has 0 saturated carbocycles. The molecule has 162 valence electrons. The number of nitrogens with one attached hydrogen (secondary N) is 2. The number of carbonyl (C=O) groups excluding carboxylic acids is 2. The highest BCUT2D eigenvalue weighted by Gasteiger charge is 2.14. The van der Waals surface area contributed by atoms with Gasteiger partial charge in [0.05, 0.1) is 0 Å². The minimum atomic E-state index is -0.161. The molecule has 0 atom stereocenters. The molecule has 3 rings (SSSR count). The van der Waals surface area contributed by atoms with Gasteiger partial charge in [0.25, 0.3) is 5.91 Å². The molecule has 0 fully saturated rings. The average Bonchev–Trinajstić information content (AvgIpc) is 3.13. The Morgan fingerprint density at radius 1 is 1.13 bits per heavy atom. The van der Waals surface area contributed by atoms with Gasteiger partial charge in [-0.2, -0.15) is 5.10 Å². The van der Waals surface area contributed by atoms with E-state index >= 15 is 0 Å². The number of benzene rings is 2. The van der Waals surface area contributed by atoms with Gasteiger partial charge < -0.3 is 10.2 Å². The van der Waals surface area contributed by atoms with Crippen LogP contribution in [0.2, 0.25) is 0 Å². The summed E-state index contributed by atoms with van der Waals surface area (Å²) in [4.78, 5) is 26.9. The smallest absolute Gasteiger partial charge is 0.253 e. The minimum Gasteiger partial charge on any atom is -0.339 e. The molecule has 0 aliphatic heterocycles. The predicted octanol–water partition coefficient (Wildman–Crippen LogP) is 4.43. The molecule has 8 heteroatoms. The monoisotopic (exact) mass is 437 g/mol. The van der Waals surface area contributed by atoms with Gasteiger partial charge >= 0.3 is 0 Å². The standard InChI is InChI=1S/C23H27N5O2S/c1-4-27(5-2)22(30)18-10-7-11-19(15-18)24-20(29)12-13-28-21(25-26-23(28)31)17-9-6-8-16(3)14-17/h6-11,14-15H,4-5,12-13H2,1-3H3,(H,24,29)(H,26,31). The third-order valence-corrected chi connectivity index (χ3v) is 5.35. The molecular formula is C23H27N5O2S. The number of hydrogen-bond acceptors (Lipinski definition) is 4. The average molecular weight is 438 g/mol. The maximum atomic E-state index is 12.6. The van der Waals surface area contributed by atoms with E-state index in [-0.39, 0.29) is 18.2 Å². The molecule has 0 aliphatic rings. The second-order valence-electron chi connectivity index (χ2n) is 7.23. The molecule has 1 aromatic heterocycles. The Morgan fingerprint density at radius 2 is 1.87 bits per heavy atom. The van der Waals surface area contributed by atoms with Crippen LogP contribution >= 0.6 is 12.2 Å². The van der Waals surface area contributed by atoms with Crippen LogP contribution in [-0.2, 0) is 11.3 Å². The number of aromatic nitrogens is 3. The Bertz CT molecular complexity index is 1130. The number of rotatable bonds is 8. The highest BCUT2D eigenvalue weighted by Crippen LogP contribution is 2.19. The fraction of sp³-hybridized carbons (Fsp3) is 0.304. The molecule has 0 spiro atoms. The van der Waals surface area contributed by atoms with Gasteiger partial charge in [0.15, 0.2) is 10.6 Å². The first-order valence-electron chi connectivity index (χ1n) is 10.3. The Hall–Kier alpha value is -3.26. The predicted molar refractivity (Wildman–Crippen MR) is 125 cm³/mol. The molecule has 0 radical (unpaired) electrons. The van der Waals surface area contributed by atoms with Crippen LogP contribution in [0.1, 0.15) is 36.2 Å². The van der Waals surface area contributed by atoms with E-state index in [4.69, 9.17) is 12.2 Å². The molecule has 2 N–H and O–H groups in total. The second kappa shape index (κ2) is 10.2. The van der Waals surface area contributed by atoms with Gasteiger partial charge in [0, 0.05) is 42.9 Å². The van der Waals surface area contributed by atoms with Crippen LogP contribution < -0.4 is 5.32 Å². The molecule has 3 aromatic rings. The van der Waals surface area contributed by atoms with E-state index in [0.717, 1.165) is 11.1 Å². The van der Waals surface area contributed by atoms with E-state index in [9.17, 15) is 9.59 Å². The Morgan fingerprint density at radius 3 is 2.58 bits per heavy atom. The lowest BCUT2D eigenvalue weighted by Crippen LogP contribution is -2.30. The second-order valence-corrected chi connectivity index (χ2v) is 7.62. The molecule has 2 aromatic carbocycles. The topological polar surface area (TPSA) is 83.0 Å². The van der Waals surface area contributed by atoms with E-state index in [2.05, 4.69) is 15.5 Å². The fourth-order valence-corrected chi connectivity index (χ4v) is 3.61.